The number of imidazole rings is 1. The SMILES string of the molecule is CCC(CO)NC(=O)C1CCc2nc[nH]c2C1. The molecule has 5 nitrogen and oxygen atoms in total. The minimum Gasteiger partial charge on any atom is -0.394 e. The van der Waals surface area contributed by atoms with Crippen LogP contribution in [0.5, 0.6) is 0 Å². The number of nitrogens with zero attached hydrogens (tertiary/aromatic N) is 1. The van der Waals surface area contributed by atoms with Crippen molar-refractivity contribution < 1.29 is 9.90 Å². The lowest BCUT2D eigenvalue weighted by Gasteiger charge is -2.23. The molecule has 0 saturated heterocycles. The van der Waals surface area contributed by atoms with Gasteiger partial charge in [-0.15, -0.1) is 0 Å². The third-order valence-electron chi connectivity index (χ3n) is 3.42. The summed E-state index contributed by atoms with van der Waals surface area (Å²) in [4.78, 5) is 19.3. The highest BCUT2D eigenvalue weighted by atomic mass is 16.3. The van der Waals surface area contributed by atoms with Gasteiger partial charge in [0.1, 0.15) is 0 Å². The standard InChI is InChI=1S/C12H19N3O2/c1-2-9(6-16)15-12(17)8-3-4-10-11(5-8)14-7-13-10/h7-9,16H,2-6H2,1H3,(H,13,14)(H,15,17). The van der Waals surface area contributed by atoms with Crippen LogP contribution in [0.1, 0.15) is 31.2 Å². The molecule has 1 amide bonds. The van der Waals surface area contributed by atoms with E-state index in [9.17, 15) is 4.79 Å². The van der Waals surface area contributed by atoms with Gasteiger partial charge in [-0.05, 0) is 19.3 Å². The number of hydrogen-bond donors (Lipinski definition) is 3. The highest BCUT2D eigenvalue weighted by Gasteiger charge is 2.26. The van der Waals surface area contributed by atoms with Gasteiger partial charge in [0.15, 0.2) is 0 Å². The maximum Gasteiger partial charge on any atom is 0.223 e. The van der Waals surface area contributed by atoms with Gasteiger partial charge >= 0.3 is 0 Å². The first kappa shape index (κ1) is 12.1. The number of aryl methyl sites for hydroxylation is 1. The number of hydrogen-bond acceptors (Lipinski definition) is 3. The van der Waals surface area contributed by atoms with Crippen LogP contribution in [-0.4, -0.2) is 33.6 Å². The number of fused-ring (bicyclic) bond motifs is 1. The number of aliphatic hydroxyl groups is 1. The first-order valence-electron chi connectivity index (χ1n) is 6.17. The summed E-state index contributed by atoms with van der Waals surface area (Å²) in [6.45, 7) is 1.96. The van der Waals surface area contributed by atoms with E-state index in [0.717, 1.165) is 37.1 Å². The number of aromatic amines is 1. The van der Waals surface area contributed by atoms with Crippen molar-refractivity contribution in [2.24, 2.45) is 5.92 Å². The number of carbonyl (C=O) groups excluding carboxylic acids is 1. The Bertz CT molecular complexity index is 385. The number of aromatic nitrogens is 2. The fourth-order valence-corrected chi connectivity index (χ4v) is 2.22. The van der Waals surface area contributed by atoms with Crippen LogP contribution in [0.15, 0.2) is 6.33 Å². The summed E-state index contributed by atoms with van der Waals surface area (Å²) in [5.41, 5.74) is 2.16. The summed E-state index contributed by atoms with van der Waals surface area (Å²) in [6, 6.07) is -0.120. The van der Waals surface area contributed by atoms with Crippen molar-refractivity contribution in [1.29, 1.82) is 0 Å². The number of H-pyrrole nitrogens is 1. The van der Waals surface area contributed by atoms with Crippen LogP contribution in [0, 0.1) is 5.92 Å². The molecule has 1 aliphatic rings. The largest absolute Gasteiger partial charge is 0.394 e. The Morgan fingerprint density at radius 2 is 2.59 bits per heavy atom. The van der Waals surface area contributed by atoms with E-state index in [4.69, 9.17) is 5.11 Å². The van der Waals surface area contributed by atoms with Crippen LogP contribution >= 0.6 is 0 Å². The molecule has 3 N–H and O–H groups in total. The van der Waals surface area contributed by atoms with Crippen LogP contribution in [0.3, 0.4) is 0 Å². The monoisotopic (exact) mass is 237 g/mol. The van der Waals surface area contributed by atoms with Crippen molar-refractivity contribution in [2.45, 2.75) is 38.6 Å². The lowest BCUT2D eigenvalue weighted by atomic mass is 9.89. The molecule has 1 heterocycles. The number of aliphatic hydroxyl groups excluding tert-OH is 1. The molecule has 0 radical (unpaired) electrons. The second-order valence-electron chi connectivity index (χ2n) is 4.56. The van der Waals surface area contributed by atoms with Gasteiger partial charge in [-0.25, -0.2) is 4.98 Å². The highest BCUT2D eigenvalue weighted by Crippen LogP contribution is 2.22. The van der Waals surface area contributed by atoms with E-state index in [2.05, 4.69) is 15.3 Å². The average molecular weight is 237 g/mol. The van der Waals surface area contributed by atoms with Crippen molar-refractivity contribution in [2.75, 3.05) is 6.61 Å². The van der Waals surface area contributed by atoms with Crippen LogP contribution < -0.4 is 5.32 Å². The zero-order valence-corrected chi connectivity index (χ0v) is 10.1. The minimum atomic E-state index is -0.120. The Morgan fingerprint density at radius 1 is 1.76 bits per heavy atom. The Labute approximate surface area is 101 Å². The van der Waals surface area contributed by atoms with E-state index in [1.807, 2.05) is 6.92 Å². The molecule has 0 fully saturated rings. The van der Waals surface area contributed by atoms with Gasteiger partial charge in [0, 0.05) is 18.0 Å². The molecule has 1 aromatic heterocycles. The minimum absolute atomic E-state index is 0.00329. The maximum atomic E-state index is 12.0. The second kappa shape index (κ2) is 5.31. The molecule has 2 atom stereocenters. The summed E-state index contributed by atoms with van der Waals surface area (Å²) < 4.78 is 0. The zero-order valence-electron chi connectivity index (χ0n) is 10.1. The van der Waals surface area contributed by atoms with E-state index in [1.165, 1.54) is 0 Å². The second-order valence-corrected chi connectivity index (χ2v) is 4.56. The molecule has 5 heteroatoms. The number of nitrogens with one attached hydrogen (secondary N) is 2. The summed E-state index contributed by atoms with van der Waals surface area (Å²) in [7, 11) is 0. The zero-order chi connectivity index (χ0) is 12.3. The van der Waals surface area contributed by atoms with Gasteiger partial charge in [0.05, 0.1) is 24.7 Å². The van der Waals surface area contributed by atoms with E-state index < -0.39 is 0 Å². The third kappa shape index (κ3) is 2.66. The van der Waals surface area contributed by atoms with Crippen molar-refractivity contribution in [3.05, 3.63) is 17.7 Å². The molecule has 1 aromatic rings. The molecular formula is C12H19N3O2. The normalized spacial score (nSPS) is 20.7. The quantitative estimate of drug-likeness (QED) is 0.709. The molecule has 0 saturated carbocycles. The fraction of sp³-hybridized carbons (Fsp3) is 0.667. The van der Waals surface area contributed by atoms with E-state index in [-0.39, 0.29) is 24.5 Å². The van der Waals surface area contributed by atoms with Gasteiger partial charge in [-0.2, -0.15) is 0 Å². The Kier molecular flexibility index (Phi) is 3.78. The first-order valence-corrected chi connectivity index (χ1v) is 6.17. The van der Waals surface area contributed by atoms with E-state index >= 15 is 0 Å². The lowest BCUT2D eigenvalue weighted by molar-refractivity contribution is -0.126. The predicted octanol–water partition coefficient (Wildman–Crippen LogP) is 0.402. The summed E-state index contributed by atoms with van der Waals surface area (Å²) >= 11 is 0. The van der Waals surface area contributed by atoms with Crippen LogP contribution in [0.25, 0.3) is 0 Å². The maximum absolute atomic E-state index is 12.0. The van der Waals surface area contributed by atoms with Crippen LogP contribution in [-0.2, 0) is 17.6 Å². The molecule has 94 valence electrons. The van der Waals surface area contributed by atoms with Crippen molar-refractivity contribution >= 4 is 5.91 Å². The molecule has 2 unspecified atom stereocenters. The molecule has 2 rings (SSSR count). The van der Waals surface area contributed by atoms with E-state index in [0.29, 0.717) is 0 Å². The highest BCUT2D eigenvalue weighted by molar-refractivity contribution is 5.79. The lowest BCUT2D eigenvalue weighted by Crippen LogP contribution is -2.42. The number of carbonyl (C=O) groups is 1. The summed E-state index contributed by atoms with van der Waals surface area (Å²) in [5.74, 6) is 0.0506. The molecule has 0 aliphatic heterocycles. The first-order chi connectivity index (χ1) is 8.24. The third-order valence-corrected chi connectivity index (χ3v) is 3.42. The van der Waals surface area contributed by atoms with Gasteiger partial charge in [-0.1, -0.05) is 6.92 Å². The molecule has 0 bridgehead atoms. The van der Waals surface area contributed by atoms with Gasteiger partial charge in [0.2, 0.25) is 5.91 Å². The van der Waals surface area contributed by atoms with E-state index in [1.54, 1.807) is 6.33 Å². The molecule has 17 heavy (non-hydrogen) atoms. The Hall–Kier alpha value is -1.36. The topological polar surface area (TPSA) is 78.0 Å². The Morgan fingerprint density at radius 3 is 3.29 bits per heavy atom. The van der Waals surface area contributed by atoms with Gasteiger partial charge < -0.3 is 15.4 Å². The fourth-order valence-electron chi connectivity index (χ4n) is 2.22. The summed E-state index contributed by atoms with van der Waals surface area (Å²) in [6.07, 6.45) is 4.86. The smallest absolute Gasteiger partial charge is 0.223 e. The predicted molar refractivity (Wildman–Crippen MR) is 63.4 cm³/mol. The molecule has 0 aromatic carbocycles. The van der Waals surface area contributed by atoms with Crippen LogP contribution in [0.2, 0.25) is 0 Å². The summed E-state index contributed by atoms with van der Waals surface area (Å²) in [5, 5.41) is 12.0. The van der Waals surface area contributed by atoms with Gasteiger partial charge in [0.25, 0.3) is 0 Å². The average Bonchev–Trinajstić information content (AvgIpc) is 2.82. The number of rotatable bonds is 4. The molecule has 1 aliphatic carbocycles. The Balaban J connectivity index is 1.94. The van der Waals surface area contributed by atoms with Crippen molar-refractivity contribution in [3.8, 4) is 0 Å². The van der Waals surface area contributed by atoms with Crippen LogP contribution in [0.4, 0.5) is 0 Å². The molecular weight excluding hydrogens is 218 g/mol. The molecule has 0 spiro atoms. The van der Waals surface area contributed by atoms with Crippen molar-refractivity contribution in [3.63, 3.8) is 0 Å². The van der Waals surface area contributed by atoms with Gasteiger partial charge in [-0.3, -0.25) is 4.79 Å². The van der Waals surface area contributed by atoms with Crippen molar-refractivity contribution in [1.82, 2.24) is 15.3 Å². The number of amides is 1.